The summed E-state index contributed by atoms with van der Waals surface area (Å²) >= 11 is 3.64. The van der Waals surface area contributed by atoms with Gasteiger partial charge in [0.25, 0.3) is 0 Å². The van der Waals surface area contributed by atoms with E-state index in [-0.39, 0.29) is 12.2 Å². The standard InChI is InChI=1S/C5H8O3S/c1-3(6)2-4(9)5(7)8/h4,9H,2H2,1H3,(H,7,8)/t4-/m0/s1. The lowest BCUT2D eigenvalue weighted by Gasteiger charge is -1.98. The Labute approximate surface area is 58.5 Å². The van der Waals surface area contributed by atoms with E-state index in [1.807, 2.05) is 0 Å². The van der Waals surface area contributed by atoms with Gasteiger partial charge in [0, 0.05) is 6.42 Å². The molecule has 1 atom stereocenters. The molecule has 0 amide bonds. The van der Waals surface area contributed by atoms with Crippen molar-refractivity contribution in [1.29, 1.82) is 0 Å². The lowest BCUT2D eigenvalue weighted by atomic mass is 10.2. The van der Waals surface area contributed by atoms with Crippen molar-refractivity contribution in [3.63, 3.8) is 0 Å². The highest BCUT2D eigenvalue weighted by Gasteiger charge is 2.13. The fourth-order valence-corrected chi connectivity index (χ4v) is 0.617. The Morgan fingerprint density at radius 3 is 2.22 bits per heavy atom. The van der Waals surface area contributed by atoms with Crippen molar-refractivity contribution >= 4 is 24.4 Å². The van der Waals surface area contributed by atoms with E-state index in [4.69, 9.17) is 5.11 Å². The molecule has 4 heteroatoms. The maximum Gasteiger partial charge on any atom is 0.316 e. The van der Waals surface area contributed by atoms with Crippen LogP contribution < -0.4 is 0 Å². The molecule has 52 valence electrons. The molecule has 0 unspecified atom stereocenters. The number of aliphatic carboxylic acids is 1. The second-order valence-electron chi connectivity index (χ2n) is 1.76. The zero-order chi connectivity index (χ0) is 7.44. The van der Waals surface area contributed by atoms with Gasteiger partial charge in [-0.25, -0.2) is 0 Å². The van der Waals surface area contributed by atoms with Crippen LogP contribution >= 0.6 is 12.6 Å². The van der Waals surface area contributed by atoms with Gasteiger partial charge in [-0.05, 0) is 6.92 Å². The summed E-state index contributed by atoms with van der Waals surface area (Å²) in [7, 11) is 0. The van der Waals surface area contributed by atoms with Crippen molar-refractivity contribution in [1.82, 2.24) is 0 Å². The van der Waals surface area contributed by atoms with Gasteiger partial charge in [-0.15, -0.1) is 0 Å². The van der Waals surface area contributed by atoms with Gasteiger partial charge in [0.2, 0.25) is 0 Å². The molecule has 0 aliphatic heterocycles. The summed E-state index contributed by atoms with van der Waals surface area (Å²) in [5, 5.41) is 7.36. The Hall–Kier alpha value is -0.510. The predicted octanol–water partition coefficient (Wildman–Crippen LogP) is 0.348. The Bertz CT molecular complexity index is 132. The van der Waals surface area contributed by atoms with E-state index in [0.29, 0.717) is 0 Å². The summed E-state index contributed by atoms with van der Waals surface area (Å²) in [6, 6.07) is 0. The van der Waals surface area contributed by atoms with Crippen molar-refractivity contribution in [2.45, 2.75) is 18.6 Å². The van der Waals surface area contributed by atoms with Crippen LogP contribution in [-0.4, -0.2) is 22.1 Å². The van der Waals surface area contributed by atoms with E-state index in [2.05, 4.69) is 12.6 Å². The van der Waals surface area contributed by atoms with Crippen LogP contribution in [0.5, 0.6) is 0 Å². The van der Waals surface area contributed by atoms with Gasteiger partial charge in [-0.1, -0.05) is 0 Å². The van der Waals surface area contributed by atoms with Crippen molar-refractivity contribution < 1.29 is 14.7 Å². The summed E-state index contributed by atoms with van der Waals surface area (Å²) in [5.74, 6) is -1.20. The predicted molar refractivity (Wildman–Crippen MR) is 35.7 cm³/mol. The Morgan fingerprint density at radius 2 is 2.11 bits per heavy atom. The van der Waals surface area contributed by atoms with E-state index in [1.165, 1.54) is 6.92 Å². The maximum atomic E-state index is 10.2. The summed E-state index contributed by atoms with van der Waals surface area (Å²) in [5.41, 5.74) is 0. The number of carboxylic acid groups (broad SMARTS) is 1. The number of rotatable bonds is 3. The third kappa shape index (κ3) is 4.02. The highest BCUT2D eigenvalue weighted by atomic mass is 32.1. The number of carboxylic acids is 1. The molecule has 1 N–H and O–H groups in total. The largest absolute Gasteiger partial charge is 0.480 e. The number of carbonyl (C=O) groups is 2. The van der Waals surface area contributed by atoms with Crippen molar-refractivity contribution in [3.8, 4) is 0 Å². The van der Waals surface area contributed by atoms with E-state index in [9.17, 15) is 9.59 Å². The SMILES string of the molecule is CC(=O)C[C@H](S)C(=O)O. The lowest BCUT2D eigenvalue weighted by molar-refractivity contribution is -0.137. The maximum absolute atomic E-state index is 10.2. The molecular weight excluding hydrogens is 140 g/mol. The molecular formula is C5H8O3S. The molecule has 0 aromatic rings. The van der Waals surface area contributed by atoms with Gasteiger partial charge >= 0.3 is 5.97 Å². The molecule has 0 bridgehead atoms. The number of hydrogen-bond donors (Lipinski definition) is 2. The number of ketones is 1. The summed E-state index contributed by atoms with van der Waals surface area (Å²) in [6.45, 7) is 1.34. The molecule has 0 spiro atoms. The molecule has 0 radical (unpaired) electrons. The third-order valence-corrected chi connectivity index (χ3v) is 1.17. The number of Topliss-reactive ketones (excluding diaryl/α,β-unsaturated/α-hetero) is 1. The zero-order valence-electron chi connectivity index (χ0n) is 5.00. The number of thiol groups is 1. The fraction of sp³-hybridized carbons (Fsp3) is 0.600. The van der Waals surface area contributed by atoms with Gasteiger partial charge in [0.15, 0.2) is 0 Å². The first-order valence-electron chi connectivity index (χ1n) is 2.44. The molecule has 0 fully saturated rings. The molecule has 0 saturated carbocycles. The van der Waals surface area contributed by atoms with Crippen molar-refractivity contribution in [2.24, 2.45) is 0 Å². The van der Waals surface area contributed by atoms with Crippen LogP contribution in [-0.2, 0) is 9.59 Å². The Kier molecular flexibility index (Phi) is 3.30. The highest BCUT2D eigenvalue weighted by Crippen LogP contribution is 2.00. The van der Waals surface area contributed by atoms with Crippen LogP contribution in [0.25, 0.3) is 0 Å². The minimum atomic E-state index is -1.05. The molecule has 0 aromatic carbocycles. The fourth-order valence-electron chi connectivity index (χ4n) is 0.360. The molecule has 0 rings (SSSR count). The van der Waals surface area contributed by atoms with E-state index in [1.54, 1.807) is 0 Å². The quantitative estimate of drug-likeness (QED) is 0.568. The first-order chi connectivity index (χ1) is 4.04. The van der Waals surface area contributed by atoms with E-state index < -0.39 is 11.2 Å². The molecule has 0 aliphatic carbocycles. The van der Waals surface area contributed by atoms with Crippen LogP contribution in [0.1, 0.15) is 13.3 Å². The smallest absolute Gasteiger partial charge is 0.316 e. The summed E-state index contributed by atoms with van der Waals surface area (Å²) in [6.07, 6.45) is -0.00154. The van der Waals surface area contributed by atoms with Gasteiger partial charge in [-0.2, -0.15) is 12.6 Å². The molecule has 0 aromatic heterocycles. The topological polar surface area (TPSA) is 54.4 Å². The van der Waals surface area contributed by atoms with Gasteiger partial charge in [-0.3, -0.25) is 9.59 Å². The zero-order valence-corrected chi connectivity index (χ0v) is 5.89. The lowest BCUT2D eigenvalue weighted by Crippen LogP contribution is -2.16. The summed E-state index contributed by atoms with van der Waals surface area (Å²) < 4.78 is 0. The highest BCUT2D eigenvalue weighted by molar-refractivity contribution is 7.81. The first kappa shape index (κ1) is 8.49. The average Bonchev–Trinajstić information content (AvgIpc) is 1.63. The van der Waals surface area contributed by atoms with Crippen LogP contribution in [0.3, 0.4) is 0 Å². The molecule has 0 heterocycles. The third-order valence-electron chi connectivity index (χ3n) is 0.766. The Morgan fingerprint density at radius 1 is 1.67 bits per heavy atom. The van der Waals surface area contributed by atoms with Crippen molar-refractivity contribution in [2.75, 3.05) is 0 Å². The normalized spacial score (nSPS) is 12.7. The van der Waals surface area contributed by atoms with Crippen LogP contribution in [0.15, 0.2) is 0 Å². The van der Waals surface area contributed by atoms with Gasteiger partial charge in [0.05, 0.1) is 0 Å². The Balaban J connectivity index is 3.63. The second kappa shape index (κ2) is 3.50. The molecule has 0 aliphatic rings. The number of hydrogen-bond acceptors (Lipinski definition) is 3. The molecule has 9 heavy (non-hydrogen) atoms. The minimum absolute atomic E-state index is 0.00154. The van der Waals surface area contributed by atoms with Gasteiger partial charge in [0.1, 0.15) is 11.0 Å². The minimum Gasteiger partial charge on any atom is -0.480 e. The van der Waals surface area contributed by atoms with E-state index in [0.717, 1.165) is 0 Å². The average molecular weight is 148 g/mol. The van der Waals surface area contributed by atoms with Crippen molar-refractivity contribution in [3.05, 3.63) is 0 Å². The second-order valence-corrected chi connectivity index (χ2v) is 2.38. The van der Waals surface area contributed by atoms with E-state index >= 15 is 0 Å². The van der Waals surface area contributed by atoms with Gasteiger partial charge < -0.3 is 5.11 Å². The van der Waals surface area contributed by atoms with Crippen LogP contribution in [0, 0.1) is 0 Å². The van der Waals surface area contributed by atoms with Crippen LogP contribution in [0.4, 0.5) is 0 Å². The molecule has 3 nitrogen and oxygen atoms in total. The number of carbonyl (C=O) groups excluding carboxylic acids is 1. The van der Waals surface area contributed by atoms with Crippen LogP contribution in [0.2, 0.25) is 0 Å². The monoisotopic (exact) mass is 148 g/mol. The molecule has 0 saturated heterocycles. The summed E-state index contributed by atoms with van der Waals surface area (Å²) in [4.78, 5) is 20.3. The first-order valence-corrected chi connectivity index (χ1v) is 2.96.